The number of nitrogens with one attached hydrogen (secondary N) is 1. The van der Waals surface area contributed by atoms with Crippen LogP contribution in [0.5, 0.6) is 0 Å². The summed E-state index contributed by atoms with van der Waals surface area (Å²) in [5.41, 5.74) is 2.56. The van der Waals surface area contributed by atoms with Crippen LogP contribution in [0.2, 0.25) is 0 Å². The zero-order chi connectivity index (χ0) is 8.97. The predicted molar refractivity (Wildman–Crippen MR) is 41.1 cm³/mol. The van der Waals surface area contributed by atoms with Crippen LogP contribution in [-0.4, -0.2) is 16.9 Å². The number of halogens is 1. The third-order valence-corrected chi connectivity index (χ3v) is 1.61. The molecule has 0 heterocycles. The van der Waals surface area contributed by atoms with E-state index in [0.29, 0.717) is 5.56 Å². The number of hydrogen-bond donors (Lipinski definition) is 3. The first kappa shape index (κ1) is 9.12. The molecule has 1 rings (SSSR count). The van der Waals surface area contributed by atoms with E-state index >= 15 is 0 Å². The third-order valence-electron chi connectivity index (χ3n) is 1.61. The summed E-state index contributed by atoms with van der Waals surface area (Å²) in [4.78, 5) is 0. The zero-order valence-corrected chi connectivity index (χ0v) is 6.37. The lowest BCUT2D eigenvalue weighted by Gasteiger charge is -2.11. The van der Waals surface area contributed by atoms with Gasteiger partial charge in [-0.25, -0.2) is 4.39 Å². The average Bonchev–Trinajstić information content (AvgIpc) is 2.10. The molecule has 0 amide bonds. The summed E-state index contributed by atoms with van der Waals surface area (Å²) in [6.07, 6.45) is 0. The van der Waals surface area contributed by atoms with Gasteiger partial charge >= 0.3 is 0 Å². The molecule has 0 bridgehead atoms. The molecule has 12 heavy (non-hydrogen) atoms. The molecule has 4 heteroatoms. The maximum absolute atomic E-state index is 12.4. The predicted octanol–water partition coefficient (Wildman–Crippen LogP) is 0.838. The highest BCUT2D eigenvalue weighted by molar-refractivity contribution is 5.19. The van der Waals surface area contributed by atoms with Crippen molar-refractivity contribution in [3.63, 3.8) is 0 Å². The van der Waals surface area contributed by atoms with E-state index in [4.69, 9.17) is 10.3 Å². The number of aliphatic hydroxyl groups is 1. The van der Waals surface area contributed by atoms with Crippen LogP contribution >= 0.6 is 0 Å². The van der Waals surface area contributed by atoms with E-state index in [2.05, 4.69) is 0 Å². The normalized spacial score (nSPS) is 12.9. The molecule has 1 aromatic carbocycles. The number of aliphatic hydroxyl groups excluding tert-OH is 1. The molecule has 0 saturated carbocycles. The molecular weight excluding hydrogens is 161 g/mol. The first-order chi connectivity index (χ1) is 5.77. The van der Waals surface area contributed by atoms with Crippen LogP contribution in [0, 0.1) is 5.82 Å². The van der Waals surface area contributed by atoms with Crippen molar-refractivity contribution in [1.29, 1.82) is 0 Å². The molecule has 1 unspecified atom stereocenters. The first-order valence-corrected chi connectivity index (χ1v) is 3.54. The van der Waals surface area contributed by atoms with Crippen molar-refractivity contribution in [2.45, 2.75) is 6.04 Å². The molecule has 0 aliphatic rings. The standard InChI is InChI=1S/C8H10FNO2/c9-7-3-1-6(2-4-7)8(5-11)10-12/h1-4,8,10-12H,5H2. The molecular formula is C8H10FNO2. The van der Waals surface area contributed by atoms with Gasteiger partial charge in [0.15, 0.2) is 0 Å². The number of benzene rings is 1. The SMILES string of the molecule is OCC(NO)c1ccc(F)cc1. The fraction of sp³-hybridized carbons (Fsp3) is 0.250. The minimum atomic E-state index is -0.550. The molecule has 0 aliphatic carbocycles. The van der Waals surface area contributed by atoms with Crippen LogP contribution in [0.15, 0.2) is 24.3 Å². The minimum absolute atomic E-state index is 0.234. The van der Waals surface area contributed by atoms with E-state index in [1.807, 2.05) is 5.48 Å². The van der Waals surface area contributed by atoms with Crippen LogP contribution in [-0.2, 0) is 0 Å². The van der Waals surface area contributed by atoms with E-state index in [1.165, 1.54) is 24.3 Å². The van der Waals surface area contributed by atoms with Gasteiger partial charge in [-0.2, -0.15) is 5.48 Å². The van der Waals surface area contributed by atoms with Crippen molar-refractivity contribution in [2.24, 2.45) is 0 Å². The molecule has 1 atom stereocenters. The second-order valence-electron chi connectivity index (χ2n) is 2.42. The Balaban J connectivity index is 2.80. The minimum Gasteiger partial charge on any atom is -0.394 e. The fourth-order valence-electron chi connectivity index (χ4n) is 0.916. The van der Waals surface area contributed by atoms with Gasteiger partial charge in [0, 0.05) is 0 Å². The maximum Gasteiger partial charge on any atom is 0.123 e. The highest BCUT2D eigenvalue weighted by Gasteiger charge is 2.07. The van der Waals surface area contributed by atoms with Gasteiger partial charge in [0.1, 0.15) is 5.82 Å². The second kappa shape index (κ2) is 4.15. The highest BCUT2D eigenvalue weighted by atomic mass is 19.1. The maximum atomic E-state index is 12.4. The van der Waals surface area contributed by atoms with Crippen molar-refractivity contribution in [2.75, 3.05) is 6.61 Å². The Morgan fingerprint density at radius 2 is 1.92 bits per heavy atom. The Morgan fingerprint density at radius 1 is 1.33 bits per heavy atom. The molecule has 0 spiro atoms. The van der Waals surface area contributed by atoms with Gasteiger partial charge in [0.05, 0.1) is 12.6 Å². The number of rotatable bonds is 3. The molecule has 0 aromatic heterocycles. The second-order valence-corrected chi connectivity index (χ2v) is 2.42. The Hall–Kier alpha value is -0.970. The topological polar surface area (TPSA) is 52.5 Å². The van der Waals surface area contributed by atoms with E-state index in [-0.39, 0.29) is 12.4 Å². The Kier molecular flexibility index (Phi) is 3.16. The number of hydroxylamine groups is 1. The van der Waals surface area contributed by atoms with Gasteiger partial charge in [-0.15, -0.1) is 0 Å². The summed E-state index contributed by atoms with van der Waals surface area (Å²) in [6.45, 7) is -0.234. The van der Waals surface area contributed by atoms with E-state index in [1.54, 1.807) is 0 Å². The lowest BCUT2D eigenvalue weighted by atomic mass is 10.1. The van der Waals surface area contributed by atoms with Gasteiger partial charge in [0.25, 0.3) is 0 Å². The lowest BCUT2D eigenvalue weighted by molar-refractivity contribution is 0.0905. The number of hydrogen-bond acceptors (Lipinski definition) is 3. The van der Waals surface area contributed by atoms with Gasteiger partial charge in [-0.3, -0.25) is 0 Å². The molecule has 0 fully saturated rings. The van der Waals surface area contributed by atoms with Gasteiger partial charge < -0.3 is 10.3 Å². The Labute approximate surface area is 69.4 Å². The summed E-state index contributed by atoms with van der Waals surface area (Å²) in [5, 5.41) is 17.3. The van der Waals surface area contributed by atoms with Crippen molar-refractivity contribution >= 4 is 0 Å². The van der Waals surface area contributed by atoms with Gasteiger partial charge in [-0.1, -0.05) is 12.1 Å². The van der Waals surface area contributed by atoms with E-state index in [9.17, 15) is 4.39 Å². The van der Waals surface area contributed by atoms with E-state index < -0.39 is 6.04 Å². The van der Waals surface area contributed by atoms with Crippen molar-refractivity contribution in [3.05, 3.63) is 35.6 Å². The molecule has 0 aliphatic heterocycles. The Bertz CT molecular complexity index is 233. The van der Waals surface area contributed by atoms with Crippen molar-refractivity contribution in [3.8, 4) is 0 Å². The largest absolute Gasteiger partial charge is 0.394 e. The van der Waals surface area contributed by atoms with Crippen LogP contribution in [0.4, 0.5) is 4.39 Å². The van der Waals surface area contributed by atoms with Crippen LogP contribution in [0.3, 0.4) is 0 Å². The van der Waals surface area contributed by atoms with Crippen LogP contribution < -0.4 is 5.48 Å². The first-order valence-electron chi connectivity index (χ1n) is 3.54. The molecule has 3 nitrogen and oxygen atoms in total. The van der Waals surface area contributed by atoms with E-state index in [0.717, 1.165) is 0 Å². The summed E-state index contributed by atoms with van der Waals surface area (Å²) in [7, 11) is 0. The summed E-state index contributed by atoms with van der Waals surface area (Å²) in [6, 6.07) is 4.99. The van der Waals surface area contributed by atoms with Crippen molar-refractivity contribution in [1.82, 2.24) is 5.48 Å². The van der Waals surface area contributed by atoms with Crippen molar-refractivity contribution < 1.29 is 14.7 Å². The molecule has 66 valence electrons. The Morgan fingerprint density at radius 3 is 2.33 bits per heavy atom. The fourth-order valence-corrected chi connectivity index (χ4v) is 0.916. The molecule has 0 radical (unpaired) electrons. The van der Waals surface area contributed by atoms with Gasteiger partial charge in [0.2, 0.25) is 0 Å². The summed E-state index contributed by atoms with van der Waals surface area (Å²) in [5.74, 6) is -0.339. The zero-order valence-electron chi connectivity index (χ0n) is 6.37. The molecule has 0 saturated heterocycles. The summed E-state index contributed by atoms with van der Waals surface area (Å²) < 4.78 is 12.4. The summed E-state index contributed by atoms with van der Waals surface area (Å²) >= 11 is 0. The molecule has 3 N–H and O–H groups in total. The molecule has 1 aromatic rings. The monoisotopic (exact) mass is 171 g/mol. The average molecular weight is 171 g/mol. The lowest BCUT2D eigenvalue weighted by Crippen LogP contribution is -2.20. The highest BCUT2D eigenvalue weighted by Crippen LogP contribution is 2.11. The quantitative estimate of drug-likeness (QED) is 0.590. The van der Waals surface area contributed by atoms with Gasteiger partial charge in [-0.05, 0) is 17.7 Å². The van der Waals surface area contributed by atoms with Crippen LogP contribution in [0.1, 0.15) is 11.6 Å². The third kappa shape index (κ3) is 2.01. The van der Waals surface area contributed by atoms with Crippen LogP contribution in [0.25, 0.3) is 0 Å². The smallest absolute Gasteiger partial charge is 0.123 e.